The van der Waals surface area contributed by atoms with Crippen molar-refractivity contribution in [3.63, 3.8) is 0 Å². The standard InChI is InChI=1S/C12H24N2O2/c1-4-6-12(16)8-14(9-12)10(15)5-7-11(2,3)13/h16H,4-9,13H2,1-3H3. The summed E-state index contributed by atoms with van der Waals surface area (Å²) in [5, 5.41) is 9.94. The largest absolute Gasteiger partial charge is 0.386 e. The van der Waals surface area contributed by atoms with Crippen molar-refractivity contribution in [3.05, 3.63) is 0 Å². The Morgan fingerprint density at radius 1 is 1.50 bits per heavy atom. The van der Waals surface area contributed by atoms with E-state index in [0.717, 1.165) is 12.8 Å². The predicted octanol–water partition coefficient (Wildman–Crippen LogP) is 0.877. The predicted molar refractivity (Wildman–Crippen MR) is 63.9 cm³/mol. The Labute approximate surface area is 97.8 Å². The van der Waals surface area contributed by atoms with Gasteiger partial charge in [0.2, 0.25) is 5.91 Å². The monoisotopic (exact) mass is 228 g/mol. The maximum atomic E-state index is 11.7. The number of nitrogens with two attached hydrogens (primary N) is 1. The first-order valence-corrected chi connectivity index (χ1v) is 6.05. The second-order valence-electron chi connectivity index (χ2n) is 5.71. The molecule has 4 heteroatoms. The minimum absolute atomic E-state index is 0.110. The Morgan fingerprint density at radius 2 is 2.06 bits per heavy atom. The van der Waals surface area contributed by atoms with Gasteiger partial charge in [-0.2, -0.15) is 0 Å². The number of β-amino-alcohol motifs (C(OH)–C–C–N with tert-alkyl or cyclic N) is 1. The number of likely N-dealkylation sites (tertiary alicyclic amines) is 1. The molecule has 0 radical (unpaired) electrons. The average molecular weight is 228 g/mol. The minimum Gasteiger partial charge on any atom is -0.386 e. The van der Waals surface area contributed by atoms with E-state index in [1.54, 1.807) is 4.90 Å². The van der Waals surface area contributed by atoms with Crippen molar-refractivity contribution in [1.29, 1.82) is 0 Å². The van der Waals surface area contributed by atoms with E-state index >= 15 is 0 Å². The molecule has 0 bridgehead atoms. The number of aliphatic hydroxyl groups is 1. The highest BCUT2D eigenvalue weighted by Gasteiger charge is 2.42. The molecule has 0 aromatic heterocycles. The Hall–Kier alpha value is -0.610. The van der Waals surface area contributed by atoms with E-state index < -0.39 is 5.60 Å². The van der Waals surface area contributed by atoms with Crippen LogP contribution in [0.25, 0.3) is 0 Å². The van der Waals surface area contributed by atoms with Crippen LogP contribution < -0.4 is 5.73 Å². The van der Waals surface area contributed by atoms with Gasteiger partial charge in [0, 0.05) is 12.0 Å². The van der Waals surface area contributed by atoms with Crippen molar-refractivity contribution in [2.75, 3.05) is 13.1 Å². The quantitative estimate of drug-likeness (QED) is 0.734. The fourth-order valence-electron chi connectivity index (χ4n) is 2.05. The molecule has 1 fully saturated rings. The zero-order valence-electron chi connectivity index (χ0n) is 10.6. The van der Waals surface area contributed by atoms with Crippen LogP contribution in [0, 0.1) is 0 Å². The van der Waals surface area contributed by atoms with Gasteiger partial charge in [-0.05, 0) is 26.7 Å². The van der Waals surface area contributed by atoms with Crippen molar-refractivity contribution in [2.24, 2.45) is 5.73 Å². The van der Waals surface area contributed by atoms with Gasteiger partial charge in [0.15, 0.2) is 0 Å². The molecule has 16 heavy (non-hydrogen) atoms. The van der Waals surface area contributed by atoms with E-state index in [4.69, 9.17) is 5.73 Å². The number of hydrogen-bond donors (Lipinski definition) is 2. The Morgan fingerprint density at radius 3 is 2.50 bits per heavy atom. The second-order valence-corrected chi connectivity index (χ2v) is 5.71. The number of carbonyl (C=O) groups is 1. The van der Waals surface area contributed by atoms with E-state index in [0.29, 0.717) is 25.9 Å². The third-order valence-corrected chi connectivity index (χ3v) is 3.02. The molecule has 1 heterocycles. The first kappa shape index (κ1) is 13.5. The number of rotatable bonds is 5. The van der Waals surface area contributed by atoms with Gasteiger partial charge in [-0.3, -0.25) is 4.79 Å². The number of hydrogen-bond acceptors (Lipinski definition) is 3. The lowest BCUT2D eigenvalue weighted by Gasteiger charge is -2.46. The molecule has 0 aromatic carbocycles. The molecule has 0 spiro atoms. The smallest absolute Gasteiger partial charge is 0.222 e. The third-order valence-electron chi connectivity index (χ3n) is 3.02. The fraction of sp³-hybridized carbons (Fsp3) is 0.917. The van der Waals surface area contributed by atoms with Gasteiger partial charge in [-0.1, -0.05) is 13.3 Å². The van der Waals surface area contributed by atoms with Crippen LogP contribution >= 0.6 is 0 Å². The first-order chi connectivity index (χ1) is 7.26. The summed E-state index contributed by atoms with van der Waals surface area (Å²) in [5.41, 5.74) is 4.91. The highest BCUT2D eigenvalue weighted by Crippen LogP contribution is 2.26. The summed E-state index contributed by atoms with van der Waals surface area (Å²) in [4.78, 5) is 13.4. The van der Waals surface area contributed by atoms with E-state index in [-0.39, 0.29) is 11.4 Å². The topological polar surface area (TPSA) is 66.6 Å². The van der Waals surface area contributed by atoms with Crippen molar-refractivity contribution >= 4 is 5.91 Å². The summed E-state index contributed by atoms with van der Waals surface area (Å²) >= 11 is 0. The van der Waals surface area contributed by atoms with Gasteiger partial charge in [-0.15, -0.1) is 0 Å². The van der Waals surface area contributed by atoms with Crippen LogP contribution in [0.4, 0.5) is 0 Å². The lowest BCUT2D eigenvalue weighted by Crippen LogP contribution is -2.63. The van der Waals surface area contributed by atoms with Gasteiger partial charge < -0.3 is 15.7 Å². The first-order valence-electron chi connectivity index (χ1n) is 6.05. The van der Waals surface area contributed by atoms with Crippen molar-refractivity contribution in [3.8, 4) is 0 Å². The molecule has 0 aliphatic carbocycles. The van der Waals surface area contributed by atoms with Crippen LogP contribution in [-0.4, -0.2) is 40.1 Å². The molecule has 1 saturated heterocycles. The second kappa shape index (κ2) is 4.72. The summed E-state index contributed by atoms with van der Waals surface area (Å²) in [6.07, 6.45) is 2.90. The highest BCUT2D eigenvalue weighted by atomic mass is 16.3. The number of nitrogens with zero attached hydrogens (tertiary/aromatic N) is 1. The molecule has 0 saturated carbocycles. The molecule has 1 aliphatic heterocycles. The number of amides is 1. The average Bonchev–Trinajstić information content (AvgIpc) is 2.09. The molecule has 0 aromatic rings. The molecule has 94 valence electrons. The van der Waals surface area contributed by atoms with Crippen LogP contribution in [0.3, 0.4) is 0 Å². The van der Waals surface area contributed by atoms with Crippen molar-refractivity contribution < 1.29 is 9.90 Å². The van der Waals surface area contributed by atoms with Gasteiger partial charge in [0.1, 0.15) is 0 Å². The summed E-state index contributed by atoms with van der Waals surface area (Å²) in [6, 6.07) is 0. The van der Waals surface area contributed by atoms with Gasteiger partial charge in [0.25, 0.3) is 0 Å². The molecule has 0 unspecified atom stereocenters. The van der Waals surface area contributed by atoms with Crippen LogP contribution in [0.5, 0.6) is 0 Å². The Kier molecular flexibility index (Phi) is 3.97. The molecular formula is C12H24N2O2. The van der Waals surface area contributed by atoms with Gasteiger partial charge >= 0.3 is 0 Å². The fourth-order valence-corrected chi connectivity index (χ4v) is 2.05. The Balaban J connectivity index is 2.27. The van der Waals surface area contributed by atoms with Crippen LogP contribution in [-0.2, 0) is 4.79 Å². The Bertz CT molecular complexity index is 252. The lowest BCUT2D eigenvalue weighted by atomic mass is 9.88. The summed E-state index contributed by atoms with van der Waals surface area (Å²) in [6.45, 7) is 6.86. The lowest BCUT2D eigenvalue weighted by molar-refractivity contribution is -0.156. The molecule has 1 amide bonds. The summed E-state index contributed by atoms with van der Waals surface area (Å²) < 4.78 is 0. The van der Waals surface area contributed by atoms with Crippen LogP contribution in [0.15, 0.2) is 0 Å². The molecule has 4 nitrogen and oxygen atoms in total. The highest BCUT2D eigenvalue weighted by molar-refractivity contribution is 5.77. The van der Waals surface area contributed by atoms with E-state index in [9.17, 15) is 9.90 Å². The van der Waals surface area contributed by atoms with E-state index in [1.807, 2.05) is 20.8 Å². The number of carbonyl (C=O) groups excluding carboxylic acids is 1. The zero-order valence-corrected chi connectivity index (χ0v) is 10.6. The summed E-state index contributed by atoms with van der Waals surface area (Å²) in [5.74, 6) is 0.110. The van der Waals surface area contributed by atoms with Gasteiger partial charge in [-0.25, -0.2) is 0 Å². The maximum absolute atomic E-state index is 11.7. The van der Waals surface area contributed by atoms with E-state index in [2.05, 4.69) is 0 Å². The minimum atomic E-state index is -0.622. The summed E-state index contributed by atoms with van der Waals surface area (Å²) in [7, 11) is 0. The van der Waals surface area contributed by atoms with E-state index in [1.165, 1.54) is 0 Å². The SMILES string of the molecule is CCCC1(O)CN(C(=O)CCC(C)(C)N)C1. The van der Waals surface area contributed by atoms with Crippen molar-refractivity contribution in [2.45, 2.75) is 57.6 Å². The maximum Gasteiger partial charge on any atom is 0.222 e. The molecule has 3 N–H and O–H groups in total. The zero-order chi connectivity index (χ0) is 12.4. The molecule has 0 atom stereocenters. The molecular weight excluding hydrogens is 204 g/mol. The normalized spacial score (nSPS) is 19.4. The van der Waals surface area contributed by atoms with Crippen LogP contribution in [0.1, 0.15) is 46.5 Å². The molecule has 1 aliphatic rings. The van der Waals surface area contributed by atoms with Crippen LogP contribution in [0.2, 0.25) is 0 Å². The van der Waals surface area contributed by atoms with Crippen molar-refractivity contribution in [1.82, 2.24) is 4.90 Å². The third kappa shape index (κ3) is 3.76. The van der Waals surface area contributed by atoms with Gasteiger partial charge in [0.05, 0.1) is 18.7 Å². The molecule has 1 rings (SSSR count).